The van der Waals surface area contributed by atoms with Crippen LogP contribution < -0.4 is 5.32 Å². The van der Waals surface area contributed by atoms with Crippen molar-refractivity contribution < 1.29 is 8.42 Å². The number of nitrogens with zero attached hydrogens (tertiary/aromatic N) is 1. The number of allylic oxidation sites excluding steroid dienone is 1. The van der Waals surface area contributed by atoms with Crippen LogP contribution in [0.2, 0.25) is 5.02 Å². The van der Waals surface area contributed by atoms with Crippen molar-refractivity contribution in [3.63, 3.8) is 0 Å². The summed E-state index contributed by atoms with van der Waals surface area (Å²) in [4.78, 5) is 0.247. The van der Waals surface area contributed by atoms with Crippen molar-refractivity contribution in [1.29, 1.82) is 0 Å². The predicted octanol–water partition coefficient (Wildman–Crippen LogP) is 3.11. The van der Waals surface area contributed by atoms with Crippen LogP contribution in [0.1, 0.15) is 20.8 Å². The van der Waals surface area contributed by atoms with Crippen molar-refractivity contribution >= 4 is 27.3 Å². The zero-order valence-electron chi connectivity index (χ0n) is 11.9. The Morgan fingerprint density at radius 3 is 2.85 bits per heavy atom. The van der Waals surface area contributed by atoms with Gasteiger partial charge in [-0.05, 0) is 39.0 Å². The number of fused-ring (bicyclic) bond motifs is 1. The number of anilines is 1. The minimum atomic E-state index is -3.54. The fourth-order valence-electron chi connectivity index (χ4n) is 2.13. The summed E-state index contributed by atoms with van der Waals surface area (Å²) in [6.07, 6.45) is 1.92. The quantitative estimate of drug-likeness (QED) is 0.853. The third-order valence-electron chi connectivity index (χ3n) is 3.29. The fourth-order valence-corrected chi connectivity index (χ4v) is 4.13. The van der Waals surface area contributed by atoms with E-state index in [1.54, 1.807) is 12.1 Å². The van der Waals surface area contributed by atoms with E-state index in [0.717, 1.165) is 5.57 Å². The third kappa shape index (κ3) is 3.00. The van der Waals surface area contributed by atoms with Crippen LogP contribution in [0, 0.1) is 0 Å². The first kappa shape index (κ1) is 15.4. The molecule has 1 aliphatic heterocycles. The Morgan fingerprint density at radius 1 is 1.50 bits per heavy atom. The largest absolute Gasteiger partial charge is 0.382 e. The topological polar surface area (TPSA) is 49.4 Å². The number of sulfonamides is 1. The van der Waals surface area contributed by atoms with Crippen molar-refractivity contribution in [1.82, 2.24) is 4.31 Å². The summed E-state index contributed by atoms with van der Waals surface area (Å²) in [6.45, 7) is 6.76. The van der Waals surface area contributed by atoms with E-state index >= 15 is 0 Å². The van der Waals surface area contributed by atoms with Crippen molar-refractivity contribution in [2.45, 2.75) is 31.7 Å². The number of rotatable bonds is 2. The van der Waals surface area contributed by atoms with Gasteiger partial charge >= 0.3 is 0 Å². The highest BCUT2D eigenvalue weighted by Crippen LogP contribution is 2.31. The number of nitrogens with one attached hydrogen (secondary N) is 1. The van der Waals surface area contributed by atoms with E-state index in [4.69, 9.17) is 11.6 Å². The lowest BCUT2D eigenvalue weighted by Crippen LogP contribution is -2.40. The molecule has 1 aromatic rings. The first-order chi connectivity index (χ1) is 9.32. The summed E-state index contributed by atoms with van der Waals surface area (Å²) < 4.78 is 27.1. The maximum Gasteiger partial charge on any atom is 0.245 e. The zero-order valence-corrected chi connectivity index (χ0v) is 13.4. The summed E-state index contributed by atoms with van der Waals surface area (Å²) in [5.74, 6) is 0. The second-order valence-electron chi connectivity index (χ2n) is 5.23. The Balaban J connectivity index is 2.51. The molecular weight excluding hydrogens is 296 g/mol. The summed E-state index contributed by atoms with van der Waals surface area (Å²) in [6, 6.07) is 4.79. The molecular formula is C14H19ClN2O2S. The number of halogens is 1. The lowest BCUT2D eigenvalue weighted by atomic mass is 10.2. The molecule has 0 bridgehead atoms. The van der Waals surface area contributed by atoms with Gasteiger partial charge in [-0.25, -0.2) is 8.42 Å². The predicted molar refractivity (Wildman–Crippen MR) is 82.7 cm³/mol. The molecule has 110 valence electrons. The highest BCUT2D eigenvalue weighted by atomic mass is 35.5. The van der Waals surface area contributed by atoms with Crippen LogP contribution in [-0.4, -0.2) is 31.9 Å². The van der Waals surface area contributed by atoms with Crippen LogP contribution in [0.25, 0.3) is 0 Å². The monoisotopic (exact) mass is 314 g/mol. The van der Waals surface area contributed by atoms with Crippen molar-refractivity contribution in [2.75, 3.05) is 18.4 Å². The smallest absolute Gasteiger partial charge is 0.245 e. The van der Waals surface area contributed by atoms with Gasteiger partial charge in [0.1, 0.15) is 4.90 Å². The molecule has 6 heteroatoms. The highest BCUT2D eigenvalue weighted by molar-refractivity contribution is 7.89. The normalized spacial score (nSPS) is 21.5. The molecule has 0 amide bonds. The van der Waals surface area contributed by atoms with Gasteiger partial charge in [0.05, 0.1) is 5.69 Å². The van der Waals surface area contributed by atoms with E-state index < -0.39 is 10.0 Å². The maximum atomic E-state index is 12.8. The van der Waals surface area contributed by atoms with Gasteiger partial charge in [0, 0.05) is 24.2 Å². The van der Waals surface area contributed by atoms with Gasteiger partial charge in [-0.3, -0.25) is 0 Å². The van der Waals surface area contributed by atoms with Crippen molar-refractivity contribution in [3.8, 4) is 0 Å². The molecule has 1 N–H and O–H groups in total. The van der Waals surface area contributed by atoms with Gasteiger partial charge in [0.2, 0.25) is 10.0 Å². The molecule has 0 saturated carbocycles. The van der Waals surface area contributed by atoms with E-state index in [0.29, 0.717) is 23.8 Å². The molecule has 0 aliphatic carbocycles. The number of hydrogen-bond acceptors (Lipinski definition) is 3. The number of benzene rings is 1. The van der Waals surface area contributed by atoms with Gasteiger partial charge in [-0.1, -0.05) is 23.3 Å². The van der Waals surface area contributed by atoms with E-state index in [-0.39, 0.29) is 10.9 Å². The Hall–Kier alpha value is -1.04. The Bertz CT molecular complexity index is 637. The van der Waals surface area contributed by atoms with Crippen LogP contribution >= 0.6 is 11.6 Å². The summed E-state index contributed by atoms with van der Waals surface area (Å²) >= 11 is 5.95. The van der Waals surface area contributed by atoms with E-state index in [1.807, 2.05) is 26.8 Å². The van der Waals surface area contributed by atoms with E-state index in [2.05, 4.69) is 5.32 Å². The van der Waals surface area contributed by atoms with Gasteiger partial charge in [0.15, 0.2) is 0 Å². The lowest BCUT2D eigenvalue weighted by molar-refractivity contribution is 0.377. The van der Waals surface area contributed by atoms with Crippen molar-refractivity contribution in [2.24, 2.45) is 0 Å². The lowest BCUT2D eigenvalue weighted by Gasteiger charge is -2.24. The molecule has 1 aromatic carbocycles. The molecule has 0 aromatic heterocycles. The molecule has 4 nitrogen and oxygen atoms in total. The standard InChI is InChI=1S/C14H19ClN2O2S/c1-10(2)6-7-17-11(3)9-16-13-5-4-12(15)8-14(13)20(17,18)19/h4-6,8,11,16H,7,9H2,1-3H3. The SMILES string of the molecule is CC(C)=CCN1C(C)CNc2ccc(Cl)cc2S1(=O)=O. The van der Waals surface area contributed by atoms with Crippen LogP contribution in [0.15, 0.2) is 34.7 Å². The van der Waals surface area contributed by atoms with Crippen LogP contribution in [0.3, 0.4) is 0 Å². The second kappa shape index (κ2) is 5.76. The molecule has 0 saturated heterocycles. The fraction of sp³-hybridized carbons (Fsp3) is 0.429. The first-order valence-corrected chi connectivity index (χ1v) is 8.33. The van der Waals surface area contributed by atoms with E-state index in [9.17, 15) is 8.42 Å². The first-order valence-electron chi connectivity index (χ1n) is 6.51. The second-order valence-corrected chi connectivity index (χ2v) is 7.52. The third-order valence-corrected chi connectivity index (χ3v) is 5.54. The summed E-state index contributed by atoms with van der Waals surface area (Å²) in [5, 5.41) is 3.60. The highest BCUT2D eigenvalue weighted by Gasteiger charge is 2.33. The summed E-state index contributed by atoms with van der Waals surface area (Å²) in [7, 11) is -3.54. The van der Waals surface area contributed by atoms with Gasteiger partial charge < -0.3 is 5.32 Å². The molecule has 0 fully saturated rings. The van der Waals surface area contributed by atoms with Gasteiger partial charge in [-0.15, -0.1) is 0 Å². The average Bonchev–Trinajstić information content (AvgIpc) is 2.44. The van der Waals surface area contributed by atoms with Gasteiger partial charge in [-0.2, -0.15) is 4.31 Å². The minimum absolute atomic E-state index is 0.123. The maximum absolute atomic E-state index is 12.8. The van der Waals surface area contributed by atoms with Crippen LogP contribution in [-0.2, 0) is 10.0 Å². The van der Waals surface area contributed by atoms with E-state index in [1.165, 1.54) is 10.4 Å². The molecule has 1 aliphatic rings. The molecule has 1 heterocycles. The number of hydrogen-bond donors (Lipinski definition) is 1. The molecule has 0 radical (unpaired) electrons. The molecule has 2 rings (SSSR count). The Morgan fingerprint density at radius 2 is 2.20 bits per heavy atom. The van der Waals surface area contributed by atoms with Crippen LogP contribution in [0.4, 0.5) is 5.69 Å². The Kier molecular flexibility index (Phi) is 4.42. The molecule has 1 atom stereocenters. The molecule has 0 spiro atoms. The summed E-state index contributed by atoms with van der Waals surface area (Å²) in [5.41, 5.74) is 1.71. The van der Waals surface area contributed by atoms with Gasteiger partial charge in [0.25, 0.3) is 0 Å². The Labute approximate surface area is 125 Å². The van der Waals surface area contributed by atoms with Crippen molar-refractivity contribution in [3.05, 3.63) is 34.9 Å². The minimum Gasteiger partial charge on any atom is -0.382 e. The zero-order chi connectivity index (χ0) is 14.9. The van der Waals surface area contributed by atoms with Crippen LogP contribution in [0.5, 0.6) is 0 Å². The molecule has 1 unspecified atom stereocenters. The average molecular weight is 315 g/mol. The molecule has 20 heavy (non-hydrogen) atoms.